The van der Waals surface area contributed by atoms with E-state index in [0.29, 0.717) is 0 Å². The molecule has 1 saturated carbocycles. The molecule has 0 unspecified atom stereocenters. The van der Waals surface area contributed by atoms with Crippen LogP contribution in [0, 0.1) is 5.92 Å². The fourth-order valence-corrected chi connectivity index (χ4v) is 2.40. The topological polar surface area (TPSA) is 15.3 Å². The third kappa shape index (κ3) is 3.58. The van der Waals surface area contributed by atoms with Crippen LogP contribution in [-0.4, -0.2) is 37.1 Å². The van der Waals surface area contributed by atoms with Gasteiger partial charge in [0.15, 0.2) is 0 Å². The van der Waals surface area contributed by atoms with E-state index in [2.05, 4.69) is 31.0 Å². The summed E-state index contributed by atoms with van der Waals surface area (Å²) >= 11 is 0. The van der Waals surface area contributed by atoms with Gasteiger partial charge in [-0.2, -0.15) is 0 Å². The minimum Gasteiger partial charge on any atom is -0.312 e. The van der Waals surface area contributed by atoms with Crippen LogP contribution in [0.25, 0.3) is 0 Å². The van der Waals surface area contributed by atoms with E-state index in [0.717, 1.165) is 18.5 Å². The van der Waals surface area contributed by atoms with Crippen LogP contribution in [0.1, 0.15) is 40.0 Å². The minimum absolute atomic E-state index is 0.797. The van der Waals surface area contributed by atoms with E-state index in [1.807, 2.05) is 0 Å². The maximum absolute atomic E-state index is 3.69. The number of nitrogens with one attached hydrogen (secondary N) is 1. The fraction of sp³-hybridized carbons (Fsp3) is 1.00. The highest BCUT2D eigenvalue weighted by Crippen LogP contribution is 2.24. The Morgan fingerprint density at radius 3 is 2.43 bits per heavy atom. The summed E-state index contributed by atoms with van der Waals surface area (Å²) < 4.78 is 0. The highest BCUT2D eigenvalue weighted by atomic mass is 15.1. The first-order valence-electron chi connectivity index (χ1n) is 6.23. The predicted molar refractivity (Wildman–Crippen MR) is 62.6 cm³/mol. The molecule has 0 bridgehead atoms. The van der Waals surface area contributed by atoms with Crippen molar-refractivity contribution < 1.29 is 0 Å². The molecular weight excluding hydrogens is 172 g/mol. The first-order valence-corrected chi connectivity index (χ1v) is 6.23. The lowest BCUT2D eigenvalue weighted by molar-refractivity contribution is 0.290. The summed E-state index contributed by atoms with van der Waals surface area (Å²) in [7, 11) is 0. The van der Waals surface area contributed by atoms with E-state index in [1.165, 1.54) is 38.9 Å². The van der Waals surface area contributed by atoms with Gasteiger partial charge in [0.2, 0.25) is 0 Å². The zero-order valence-electron chi connectivity index (χ0n) is 10.1. The van der Waals surface area contributed by atoms with Crippen molar-refractivity contribution in [3.05, 3.63) is 0 Å². The van der Waals surface area contributed by atoms with Gasteiger partial charge in [-0.25, -0.2) is 0 Å². The highest BCUT2D eigenvalue weighted by molar-refractivity contribution is 4.80. The molecule has 1 aliphatic carbocycles. The van der Waals surface area contributed by atoms with Crippen molar-refractivity contribution >= 4 is 0 Å². The Kier molecular flexibility index (Phi) is 5.49. The predicted octanol–water partition coefficient (Wildman–Crippen LogP) is 2.11. The van der Waals surface area contributed by atoms with E-state index >= 15 is 0 Å². The second-order valence-corrected chi connectivity index (χ2v) is 4.50. The van der Waals surface area contributed by atoms with Crippen molar-refractivity contribution in [2.24, 2.45) is 5.92 Å². The second kappa shape index (κ2) is 6.41. The smallest absolute Gasteiger partial charge is 0.0107 e. The van der Waals surface area contributed by atoms with Crippen molar-refractivity contribution in [1.82, 2.24) is 10.2 Å². The molecule has 0 aromatic heterocycles. The molecular formula is C12H26N2. The molecule has 0 heterocycles. The number of rotatable bonds is 6. The van der Waals surface area contributed by atoms with Gasteiger partial charge in [-0.3, -0.25) is 0 Å². The molecule has 84 valence electrons. The molecule has 1 aliphatic rings. The third-order valence-corrected chi connectivity index (χ3v) is 3.59. The molecule has 1 N–H and O–H groups in total. The van der Waals surface area contributed by atoms with Crippen LogP contribution in [0.2, 0.25) is 0 Å². The monoisotopic (exact) mass is 198 g/mol. The molecule has 0 aliphatic heterocycles. The number of hydrogen-bond donors (Lipinski definition) is 1. The summed E-state index contributed by atoms with van der Waals surface area (Å²) in [6.07, 6.45) is 4.23. The van der Waals surface area contributed by atoms with Crippen LogP contribution in [0.5, 0.6) is 0 Å². The lowest BCUT2D eigenvalue weighted by Gasteiger charge is -2.22. The first kappa shape index (κ1) is 12.0. The summed E-state index contributed by atoms with van der Waals surface area (Å²) in [6, 6.07) is 0.797. The Morgan fingerprint density at radius 2 is 1.93 bits per heavy atom. The molecule has 0 spiro atoms. The molecule has 14 heavy (non-hydrogen) atoms. The normalized spacial score (nSPS) is 27.4. The SMILES string of the molecule is CCN(CC)CCN[C@@H]1CCC[C@@H]1C. The Bertz CT molecular complexity index is 143. The van der Waals surface area contributed by atoms with Gasteiger partial charge in [-0.15, -0.1) is 0 Å². The van der Waals surface area contributed by atoms with Crippen LogP contribution in [0.4, 0.5) is 0 Å². The molecule has 1 fully saturated rings. The molecule has 0 aromatic carbocycles. The lowest BCUT2D eigenvalue weighted by Crippen LogP contribution is -2.38. The van der Waals surface area contributed by atoms with Crippen LogP contribution in [-0.2, 0) is 0 Å². The number of hydrogen-bond acceptors (Lipinski definition) is 2. The van der Waals surface area contributed by atoms with Gasteiger partial charge in [0.1, 0.15) is 0 Å². The number of nitrogens with zero attached hydrogens (tertiary/aromatic N) is 1. The Labute approximate surface area is 89.1 Å². The van der Waals surface area contributed by atoms with Gasteiger partial charge in [0.05, 0.1) is 0 Å². The summed E-state index contributed by atoms with van der Waals surface area (Å²) in [4.78, 5) is 2.48. The summed E-state index contributed by atoms with van der Waals surface area (Å²) in [5.41, 5.74) is 0. The van der Waals surface area contributed by atoms with Crippen LogP contribution in [0.15, 0.2) is 0 Å². The molecule has 0 radical (unpaired) electrons. The van der Waals surface area contributed by atoms with Crippen LogP contribution in [0.3, 0.4) is 0 Å². The van der Waals surface area contributed by atoms with Crippen molar-refractivity contribution in [2.45, 2.75) is 46.1 Å². The van der Waals surface area contributed by atoms with E-state index in [1.54, 1.807) is 0 Å². The van der Waals surface area contributed by atoms with Gasteiger partial charge in [-0.1, -0.05) is 27.2 Å². The van der Waals surface area contributed by atoms with Crippen LogP contribution >= 0.6 is 0 Å². The molecule has 2 atom stereocenters. The minimum atomic E-state index is 0.797. The van der Waals surface area contributed by atoms with E-state index < -0.39 is 0 Å². The Hall–Kier alpha value is -0.0800. The summed E-state index contributed by atoms with van der Waals surface area (Å²) in [5, 5.41) is 3.69. The van der Waals surface area contributed by atoms with Crippen molar-refractivity contribution in [1.29, 1.82) is 0 Å². The van der Waals surface area contributed by atoms with Crippen LogP contribution < -0.4 is 5.32 Å². The van der Waals surface area contributed by atoms with E-state index in [9.17, 15) is 0 Å². The van der Waals surface area contributed by atoms with Crippen molar-refractivity contribution in [3.8, 4) is 0 Å². The zero-order chi connectivity index (χ0) is 10.4. The highest BCUT2D eigenvalue weighted by Gasteiger charge is 2.22. The van der Waals surface area contributed by atoms with Gasteiger partial charge in [0.25, 0.3) is 0 Å². The van der Waals surface area contributed by atoms with E-state index in [-0.39, 0.29) is 0 Å². The van der Waals surface area contributed by atoms with Gasteiger partial charge >= 0.3 is 0 Å². The largest absolute Gasteiger partial charge is 0.312 e. The second-order valence-electron chi connectivity index (χ2n) is 4.50. The third-order valence-electron chi connectivity index (χ3n) is 3.59. The molecule has 0 amide bonds. The molecule has 2 heteroatoms. The standard InChI is InChI=1S/C12H26N2/c1-4-14(5-2)10-9-13-12-8-6-7-11(12)3/h11-13H,4-10H2,1-3H3/t11-,12+/m0/s1. The average molecular weight is 198 g/mol. The van der Waals surface area contributed by atoms with Crippen molar-refractivity contribution in [2.75, 3.05) is 26.2 Å². The van der Waals surface area contributed by atoms with Gasteiger partial charge in [0, 0.05) is 19.1 Å². The summed E-state index contributed by atoms with van der Waals surface area (Å²) in [5.74, 6) is 0.895. The lowest BCUT2D eigenvalue weighted by atomic mass is 10.1. The summed E-state index contributed by atoms with van der Waals surface area (Å²) in [6.45, 7) is 11.6. The first-order chi connectivity index (χ1) is 6.77. The fourth-order valence-electron chi connectivity index (χ4n) is 2.40. The van der Waals surface area contributed by atoms with E-state index in [4.69, 9.17) is 0 Å². The molecule has 1 rings (SSSR count). The van der Waals surface area contributed by atoms with Gasteiger partial charge < -0.3 is 10.2 Å². The molecule has 2 nitrogen and oxygen atoms in total. The average Bonchev–Trinajstić information content (AvgIpc) is 2.59. The Balaban J connectivity index is 2.08. The molecule has 0 aromatic rings. The maximum atomic E-state index is 3.69. The maximum Gasteiger partial charge on any atom is 0.0107 e. The van der Waals surface area contributed by atoms with Crippen molar-refractivity contribution in [3.63, 3.8) is 0 Å². The molecule has 0 saturated heterocycles. The Morgan fingerprint density at radius 1 is 1.21 bits per heavy atom. The zero-order valence-corrected chi connectivity index (χ0v) is 10.1. The van der Waals surface area contributed by atoms with Gasteiger partial charge in [-0.05, 0) is 31.8 Å². The quantitative estimate of drug-likeness (QED) is 0.703. The number of likely N-dealkylation sites (N-methyl/N-ethyl adjacent to an activating group) is 1.